The molecule has 0 aliphatic heterocycles. The number of nitrogens with zero attached hydrogens (tertiary/aromatic N) is 3. The van der Waals surface area contributed by atoms with Gasteiger partial charge in [-0.3, -0.25) is 4.68 Å². The van der Waals surface area contributed by atoms with Crippen LogP contribution in [0.4, 0.5) is 15.8 Å². The summed E-state index contributed by atoms with van der Waals surface area (Å²) >= 11 is 1.42. The highest BCUT2D eigenvalue weighted by atomic mass is 32.1. The second-order valence-electron chi connectivity index (χ2n) is 2.99. The molecule has 0 bridgehead atoms. The topological polar surface area (TPSA) is 68.8 Å². The predicted octanol–water partition coefficient (Wildman–Crippen LogP) is 1.51. The molecule has 2 aromatic heterocycles. The van der Waals surface area contributed by atoms with Gasteiger partial charge in [-0.1, -0.05) is 11.3 Å². The molecule has 0 aliphatic rings. The molecule has 74 valence electrons. The summed E-state index contributed by atoms with van der Waals surface area (Å²) in [5.74, 6) is 0. The van der Waals surface area contributed by atoms with Gasteiger partial charge in [0.25, 0.3) is 0 Å². The molecular weight excluding hydrogens is 198 g/mol. The maximum absolute atomic E-state index is 5.57. The van der Waals surface area contributed by atoms with Crippen molar-refractivity contribution in [2.24, 2.45) is 7.05 Å². The molecule has 2 rings (SSSR count). The first-order valence-corrected chi connectivity index (χ1v) is 4.95. The van der Waals surface area contributed by atoms with Gasteiger partial charge in [-0.2, -0.15) is 5.10 Å². The summed E-state index contributed by atoms with van der Waals surface area (Å²) in [5.41, 5.74) is 7.48. The van der Waals surface area contributed by atoms with E-state index < -0.39 is 0 Å². The van der Waals surface area contributed by atoms with Gasteiger partial charge in [-0.15, -0.1) is 0 Å². The van der Waals surface area contributed by atoms with Crippen molar-refractivity contribution in [3.05, 3.63) is 18.1 Å². The molecule has 2 heterocycles. The molecule has 0 aliphatic carbocycles. The lowest BCUT2D eigenvalue weighted by molar-refractivity contribution is 0.756. The molecule has 0 saturated carbocycles. The van der Waals surface area contributed by atoms with Crippen molar-refractivity contribution in [3.8, 4) is 0 Å². The summed E-state index contributed by atoms with van der Waals surface area (Å²) in [6.45, 7) is 1.94. The van der Waals surface area contributed by atoms with Crippen molar-refractivity contribution in [1.29, 1.82) is 0 Å². The van der Waals surface area contributed by atoms with E-state index in [2.05, 4.69) is 15.4 Å². The zero-order valence-electron chi connectivity index (χ0n) is 7.98. The van der Waals surface area contributed by atoms with Crippen LogP contribution in [-0.2, 0) is 7.05 Å². The molecule has 0 amide bonds. The standard InChI is InChI=1S/C8H11N5S/c1-5-6(4-13(2)12-5)11-8-10-3-7(9)14-8/h3-4H,9H2,1-2H3,(H,10,11). The van der Waals surface area contributed by atoms with Crippen LogP contribution < -0.4 is 11.1 Å². The zero-order chi connectivity index (χ0) is 10.1. The van der Waals surface area contributed by atoms with Gasteiger partial charge in [0.15, 0.2) is 5.13 Å². The Kier molecular flexibility index (Phi) is 2.12. The second-order valence-corrected chi connectivity index (χ2v) is 4.06. The fourth-order valence-electron chi connectivity index (χ4n) is 1.18. The summed E-state index contributed by atoms with van der Waals surface area (Å²) in [4.78, 5) is 4.11. The number of nitrogens with two attached hydrogens (primary N) is 1. The van der Waals surface area contributed by atoms with Crippen LogP contribution in [0, 0.1) is 6.92 Å². The van der Waals surface area contributed by atoms with Crippen LogP contribution in [0.2, 0.25) is 0 Å². The van der Waals surface area contributed by atoms with Crippen LogP contribution in [-0.4, -0.2) is 14.8 Å². The summed E-state index contributed by atoms with van der Waals surface area (Å²) < 4.78 is 1.76. The fourth-order valence-corrected chi connectivity index (χ4v) is 1.78. The van der Waals surface area contributed by atoms with Crippen LogP contribution in [0.15, 0.2) is 12.4 Å². The summed E-state index contributed by atoms with van der Waals surface area (Å²) in [6.07, 6.45) is 3.55. The molecule has 0 spiro atoms. The molecule has 2 aromatic rings. The molecule has 6 heteroatoms. The average molecular weight is 209 g/mol. The van der Waals surface area contributed by atoms with Gasteiger partial charge in [0.05, 0.1) is 17.6 Å². The Hall–Kier alpha value is -1.56. The van der Waals surface area contributed by atoms with E-state index in [0.717, 1.165) is 16.5 Å². The first-order chi connectivity index (χ1) is 6.65. The summed E-state index contributed by atoms with van der Waals surface area (Å²) in [6, 6.07) is 0. The van der Waals surface area contributed by atoms with Crippen molar-refractivity contribution in [1.82, 2.24) is 14.8 Å². The molecule has 0 fully saturated rings. The Morgan fingerprint density at radius 2 is 2.36 bits per heavy atom. The van der Waals surface area contributed by atoms with E-state index in [4.69, 9.17) is 5.73 Å². The minimum absolute atomic E-state index is 0.703. The third-order valence-electron chi connectivity index (χ3n) is 1.78. The maximum Gasteiger partial charge on any atom is 0.189 e. The third kappa shape index (κ3) is 1.69. The Labute approximate surface area is 85.6 Å². The number of aromatic nitrogens is 3. The van der Waals surface area contributed by atoms with Crippen LogP contribution >= 0.6 is 11.3 Å². The van der Waals surface area contributed by atoms with E-state index in [0.29, 0.717) is 5.00 Å². The Bertz CT molecular complexity index is 444. The highest BCUT2D eigenvalue weighted by molar-refractivity contribution is 7.19. The van der Waals surface area contributed by atoms with Gasteiger partial charge < -0.3 is 11.1 Å². The number of thiazole rings is 1. The van der Waals surface area contributed by atoms with E-state index in [9.17, 15) is 0 Å². The van der Waals surface area contributed by atoms with E-state index in [-0.39, 0.29) is 0 Å². The van der Waals surface area contributed by atoms with Crippen LogP contribution in [0.5, 0.6) is 0 Å². The first kappa shape index (κ1) is 9.01. The molecule has 0 atom stereocenters. The van der Waals surface area contributed by atoms with Crippen molar-refractivity contribution in [3.63, 3.8) is 0 Å². The lowest BCUT2D eigenvalue weighted by Gasteiger charge is -1.97. The predicted molar refractivity (Wildman–Crippen MR) is 57.8 cm³/mol. The molecule has 0 aromatic carbocycles. The Morgan fingerprint density at radius 1 is 1.57 bits per heavy atom. The quantitative estimate of drug-likeness (QED) is 0.786. The van der Waals surface area contributed by atoms with Gasteiger partial charge in [-0.25, -0.2) is 4.98 Å². The average Bonchev–Trinajstić information content (AvgIpc) is 2.61. The van der Waals surface area contributed by atoms with Crippen molar-refractivity contribution >= 4 is 27.2 Å². The molecular formula is C8H11N5S. The van der Waals surface area contributed by atoms with Gasteiger partial charge in [0, 0.05) is 13.2 Å². The Morgan fingerprint density at radius 3 is 2.86 bits per heavy atom. The van der Waals surface area contributed by atoms with Gasteiger partial charge in [-0.05, 0) is 6.92 Å². The third-order valence-corrected chi connectivity index (χ3v) is 2.52. The number of rotatable bonds is 2. The highest BCUT2D eigenvalue weighted by Crippen LogP contribution is 2.24. The summed E-state index contributed by atoms with van der Waals surface area (Å²) in [7, 11) is 1.88. The maximum atomic E-state index is 5.57. The first-order valence-electron chi connectivity index (χ1n) is 4.14. The van der Waals surface area contributed by atoms with Crippen LogP contribution in [0.1, 0.15) is 5.69 Å². The lowest BCUT2D eigenvalue weighted by Crippen LogP contribution is -1.88. The minimum Gasteiger partial charge on any atom is -0.389 e. The molecule has 14 heavy (non-hydrogen) atoms. The molecule has 5 nitrogen and oxygen atoms in total. The van der Waals surface area contributed by atoms with E-state index in [1.807, 2.05) is 20.2 Å². The number of nitrogens with one attached hydrogen (secondary N) is 1. The number of nitrogen functional groups attached to an aromatic ring is 1. The molecule has 0 unspecified atom stereocenters. The second kappa shape index (κ2) is 3.30. The summed E-state index contributed by atoms with van der Waals surface area (Å²) in [5, 5.41) is 8.86. The molecule has 0 saturated heterocycles. The number of hydrogen-bond acceptors (Lipinski definition) is 5. The molecule has 3 N–H and O–H groups in total. The smallest absolute Gasteiger partial charge is 0.189 e. The van der Waals surface area contributed by atoms with Crippen molar-refractivity contribution in [2.45, 2.75) is 6.92 Å². The van der Waals surface area contributed by atoms with Crippen molar-refractivity contribution < 1.29 is 0 Å². The number of aryl methyl sites for hydroxylation is 2. The van der Waals surface area contributed by atoms with Crippen molar-refractivity contribution in [2.75, 3.05) is 11.1 Å². The largest absolute Gasteiger partial charge is 0.389 e. The number of anilines is 3. The lowest BCUT2D eigenvalue weighted by atomic mass is 10.4. The van der Waals surface area contributed by atoms with Gasteiger partial charge in [0.1, 0.15) is 5.00 Å². The zero-order valence-corrected chi connectivity index (χ0v) is 8.80. The van der Waals surface area contributed by atoms with Crippen LogP contribution in [0.3, 0.4) is 0 Å². The normalized spacial score (nSPS) is 10.4. The SMILES string of the molecule is Cc1nn(C)cc1Nc1ncc(N)s1. The Balaban J connectivity index is 2.22. The molecule has 0 radical (unpaired) electrons. The minimum atomic E-state index is 0.703. The van der Waals surface area contributed by atoms with Gasteiger partial charge in [0.2, 0.25) is 0 Å². The van der Waals surface area contributed by atoms with E-state index in [1.54, 1.807) is 10.9 Å². The fraction of sp³-hybridized carbons (Fsp3) is 0.250. The van der Waals surface area contributed by atoms with Gasteiger partial charge >= 0.3 is 0 Å². The van der Waals surface area contributed by atoms with Crippen LogP contribution in [0.25, 0.3) is 0 Å². The van der Waals surface area contributed by atoms with E-state index in [1.165, 1.54) is 11.3 Å². The number of hydrogen-bond donors (Lipinski definition) is 2. The highest BCUT2D eigenvalue weighted by Gasteiger charge is 2.05. The van der Waals surface area contributed by atoms with E-state index >= 15 is 0 Å². The monoisotopic (exact) mass is 209 g/mol.